The van der Waals surface area contributed by atoms with E-state index in [2.05, 4.69) is 18.2 Å². The van der Waals surface area contributed by atoms with E-state index in [-0.39, 0.29) is 12.4 Å². The minimum Gasteiger partial charge on any atom is -0.466 e. The highest BCUT2D eigenvalue weighted by Crippen LogP contribution is 2.33. The number of carbonyl (C=O) groups is 1. The third-order valence-corrected chi connectivity index (χ3v) is 4.25. The second-order valence-electron chi connectivity index (χ2n) is 5.69. The Morgan fingerprint density at radius 2 is 1.95 bits per heavy atom. The van der Waals surface area contributed by atoms with E-state index in [1.807, 2.05) is 12.1 Å². The Kier molecular flexibility index (Phi) is 5.80. The largest absolute Gasteiger partial charge is 0.466 e. The third-order valence-electron chi connectivity index (χ3n) is 4.25. The number of hydrogen-bond acceptors (Lipinski definition) is 3. The highest BCUT2D eigenvalue weighted by atomic mass is 16.5. The fourth-order valence-electron chi connectivity index (χ4n) is 3.06. The summed E-state index contributed by atoms with van der Waals surface area (Å²) in [4.78, 5) is 11.5. The van der Waals surface area contributed by atoms with Gasteiger partial charge in [0.25, 0.3) is 0 Å². The van der Waals surface area contributed by atoms with E-state index in [4.69, 9.17) is 4.74 Å². The van der Waals surface area contributed by atoms with Crippen LogP contribution in [0.25, 0.3) is 0 Å². The number of benzene rings is 1. The monoisotopic (exact) mass is 285 g/mol. The maximum Gasteiger partial charge on any atom is 0.307 e. The predicted molar refractivity (Wildman–Crippen MR) is 81.9 cm³/mol. The van der Waals surface area contributed by atoms with Crippen LogP contribution in [0.4, 0.5) is 0 Å². The number of carbonyl (C=O) groups excluding carboxylic acids is 1. The van der Waals surface area contributed by atoms with Gasteiger partial charge in [0.2, 0.25) is 0 Å². The SMILES string of the molecule is CCOC(=O)C[C@@H](C#N)c1ccc(C2CCCCC2)cc1. The van der Waals surface area contributed by atoms with Crippen LogP contribution >= 0.6 is 0 Å². The van der Waals surface area contributed by atoms with Gasteiger partial charge in [-0.25, -0.2) is 0 Å². The van der Waals surface area contributed by atoms with E-state index >= 15 is 0 Å². The maximum absolute atomic E-state index is 11.5. The summed E-state index contributed by atoms with van der Waals surface area (Å²) in [6, 6.07) is 10.5. The fraction of sp³-hybridized carbons (Fsp3) is 0.556. The Labute approximate surface area is 126 Å². The lowest BCUT2D eigenvalue weighted by Crippen LogP contribution is -2.10. The van der Waals surface area contributed by atoms with Crippen molar-refractivity contribution < 1.29 is 9.53 Å². The maximum atomic E-state index is 11.5. The number of rotatable bonds is 5. The van der Waals surface area contributed by atoms with Gasteiger partial charge in [0, 0.05) is 0 Å². The first-order chi connectivity index (χ1) is 10.2. The molecule has 1 atom stereocenters. The second kappa shape index (κ2) is 7.83. The number of esters is 1. The van der Waals surface area contributed by atoms with Gasteiger partial charge in [-0.05, 0) is 36.8 Å². The van der Waals surface area contributed by atoms with Crippen LogP contribution in [0, 0.1) is 11.3 Å². The van der Waals surface area contributed by atoms with Crippen LogP contribution in [-0.2, 0) is 9.53 Å². The van der Waals surface area contributed by atoms with Crippen molar-refractivity contribution in [3.8, 4) is 6.07 Å². The van der Waals surface area contributed by atoms with Crippen LogP contribution in [0.2, 0.25) is 0 Å². The normalized spacial score (nSPS) is 17.0. The summed E-state index contributed by atoms with van der Waals surface area (Å²) in [5.41, 5.74) is 2.27. The zero-order valence-corrected chi connectivity index (χ0v) is 12.7. The second-order valence-corrected chi connectivity index (χ2v) is 5.69. The summed E-state index contributed by atoms with van der Waals surface area (Å²) in [5, 5.41) is 9.26. The van der Waals surface area contributed by atoms with Crippen molar-refractivity contribution in [2.24, 2.45) is 0 Å². The zero-order chi connectivity index (χ0) is 15.1. The standard InChI is InChI=1S/C18H23NO2/c1-2-21-18(20)12-17(13-19)16-10-8-15(9-11-16)14-6-4-3-5-7-14/h8-11,14,17H,2-7,12H2,1H3/t17-/m0/s1. The van der Waals surface area contributed by atoms with E-state index in [1.165, 1.54) is 37.7 Å². The van der Waals surface area contributed by atoms with Crippen LogP contribution in [0.5, 0.6) is 0 Å². The van der Waals surface area contributed by atoms with Crippen molar-refractivity contribution in [1.82, 2.24) is 0 Å². The topological polar surface area (TPSA) is 50.1 Å². The molecule has 0 amide bonds. The molecule has 0 saturated heterocycles. The van der Waals surface area contributed by atoms with Crippen LogP contribution in [0.15, 0.2) is 24.3 Å². The van der Waals surface area contributed by atoms with E-state index in [0.717, 1.165) is 5.56 Å². The average molecular weight is 285 g/mol. The van der Waals surface area contributed by atoms with Crippen molar-refractivity contribution in [3.63, 3.8) is 0 Å². The lowest BCUT2D eigenvalue weighted by Gasteiger charge is -2.22. The molecule has 1 fully saturated rings. The quantitative estimate of drug-likeness (QED) is 0.758. The van der Waals surface area contributed by atoms with E-state index in [0.29, 0.717) is 12.5 Å². The van der Waals surface area contributed by atoms with Gasteiger partial charge in [0.05, 0.1) is 25.0 Å². The molecule has 0 heterocycles. The van der Waals surface area contributed by atoms with Crippen LogP contribution < -0.4 is 0 Å². The number of ether oxygens (including phenoxy) is 1. The molecule has 112 valence electrons. The molecule has 1 aromatic carbocycles. The Hall–Kier alpha value is -1.82. The predicted octanol–water partition coefficient (Wildman–Crippen LogP) is 4.29. The number of hydrogen-bond donors (Lipinski definition) is 0. The van der Waals surface area contributed by atoms with Crippen LogP contribution in [0.3, 0.4) is 0 Å². The summed E-state index contributed by atoms with van der Waals surface area (Å²) in [6.45, 7) is 2.13. The molecule has 0 spiro atoms. The van der Waals surface area contributed by atoms with Gasteiger partial charge in [-0.2, -0.15) is 5.26 Å². The highest BCUT2D eigenvalue weighted by Gasteiger charge is 2.18. The lowest BCUT2D eigenvalue weighted by atomic mass is 9.83. The van der Waals surface area contributed by atoms with Gasteiger partial charge in [-0.3, -0.25) is 4.79 Å². The molecule has 1 aliphatic carbocycles. The average Bonchev–Trinajstić information content (AvgIpc) is 2.54. The molecule has 0 aliphatic heterocycles. The van der Waals surface area contributed by atoms with Gasteiger partial charge < -0.3 is 4.74 Å². The molecular weight excluding hydrogens is 262 g/mol. The molecule has 3 nitrogen and oxygen atoms in total. The van der Waals surface area contributed by atoms with Crippen molar-refractivity contribution >= 4 is 5.97 Å². The van der Waals surface area contributed by atoms with Crippen molar-refractivity contribution in [2.75, 3.05) is 6.61 Å². The zero-order valence-electron chi connectivity index (χ0n) is 12.7. The number of nitrogens with zero attached hydrogens (tertiary/aromatic N) is 1. The van der Waals surface area contributed by atoms with Gasteiger partial charge in [0.1, 0.15) is 0 Å². The molecule has 0 radical (unpaired) electrons. The van der Waals surface area contributed by atoms with Crippen LogP contribution in [-0.4, -0.2) is 12.6 Å². The molecule has 0 N–H and O–H groups in total. The first-order valence-corrected chi connectivity index (χ1v) is 7.89. The Balaban J connectivity index is 2.02. The minimum absolute atomic E-state index is 0.132. The Bertz CT molecular complexity index is 495. The molecular formula is C18H23NO2. The first-order valence-electron chi connectivity index (χ1n) is 7.89. The van der Waals surface area contributed by atoms with Crippen LogP contribution in [0.1, 0.15) is 68.4 Å². The highest BCUT2D eigenvalue weighted by molar-refractivity contribution is 5.71. The molecule has 1 saturated carbocycles. The summed E-state index contributed by atoms with van der Waals surface area (Å²) >= 11 is 0. The summed E-state index contributed by atoms with van der Waals surface area (Å²) in [6.07, 6.45) is 6.65. The van der Waals surface area contributed by atoms with Crippen molar-refractivity contribution in [2.45, 2.75) is 57.3 Å². The molecule has 0 aromatic heterocycles. The van der Waals surface area contributed by atoms with Gasteiger partial charge in [-0.15, -0.1) is 0 Å². The summed E-state index contributed by atoms with van der Waals surface area (Å²) in [5.74, 6) is -0.0525. The molecule has 1 aliphatic rings. The molecule has 21 heavy (non-hydrogen) atoms. The van der Waals surface area contributed by atoms with Gasteiger partial charge >= 0.3 is 5.97 Å². The van der Waals surface area contributed by atoms with Gasteiger partial charge in [0.15, 0.2) is 0 Å². The molecule has 0 unspecified atom stereocenters. The Morgan fingerprint density at radius 1 is 1.29 bits per heavy atom. The van der Waals surface area contributed by atoms with E-state index < -0.39 is 5.92 Å². The molecule has 0 bridgehead atoms. The summed E-state index contributed by atoms with van der Waals surface area (Å²) < 4.78 is 4.92. The van der Waals surface area contributed by atoms with Crippen molar-refractivity contribution in [3.05, 3.63) is 35.4 Å². The third kappa shape index (κ3) is 4.32. The fourth-order valence-corrected chi connectivity index (χ4v) is 3.06. The molecule has 2 rings (SSSR count). The minimum atomic E-state index is -0.413. The lowest BCUT2D eigenvalue weighted by molar-refractivity contribution is -0.143. The molecule has 1 aromatic rings. The first kappa shape index (κ1) is 15.6. The Morgan fingerprint density at radius 3 is 2.52 bits per heavy atom. The molecule has 3 heteroatoms. The van der Waals surface area contributed by atoms with Gasteiger partial charge in [-0.1, -0.05) is 43.5 Å². The smallest absolute Gasteiger partial charge is 0.307 e. The van der Waals surface area contributed by atoms with Crippen molar-refractivity contribution in [1.29, 1.82) is 5.26 Å². The van der Waals surface area contributed by atoms with E-state index in [1.54, 1.807) is 6.92 Å². The van der Waals surface area contributed by atoms with E-state index in [9.17, 15) is 10.1 Å². The summed E-state index contributed by atoms with van der Waals surface area (Å²) in [7, 11) is 0. The number of nitriles is 1.